The van der Waals surface area contributed by atoms with Gasteiger partial charge in [-0.25, -0.2) is 4.79 Å². The molecule has 2 aromatic carbocycles. The Labute approximate surface area is 125 Å². The summed E-state index contributed by atoms with van der Waals surface area (Å²) in [5.74, 6) is 0.419. The van der Waals surface area contributed by atoms with Crippen LogP contribution in [-0.2, 0) is 5.88 Å². The zero-order chi connectivity index (χ0) is 13.7. The van der Waals surface area contributed by atoms with Crippen molar-refractivity contribution in [3.8, 4) is 0 Å². The van der Waals surface area contributed by atoms with E-state index in [1.165, 1.54) is 0 Å². The van der Waals surface area contributed by atoms with Crippen LogP contribution >= 0.6 is 27.5 Å². The van der Waals surface area contributed by atoms with E-state index in [2.05, 4.69) is 26.6 Å². The first-order valence-corrected chi connectivity index (χ1v) is 6.98. The molecular formula is C14H12BrClN2O. The molecule has 3 nitrogen and oxygen atoms in total. The van der Waals surface area contributed by atoms with Crippen LogP contribution in [0.3, 0.4) is 0 Å². The molecule has 0 bridgehead atoms. The van der Waals surface area contributed by atoms with E-state index in [0.29, 0.717) is 11.6 Å². The minimum atomic E-state index is -0.287. The zero-order valence-electron chi connectivity index (χ0n) is 9.99. The van der Waals surface area contributed by atoms with Gasteiger partial charge in [-0.3, -0.25) is 0 Å². The summed E-state index contributed by atoms with van der Waals surface area (Å²) >= 11 is 9.10. The highest BCUT2D eigenvalue weighted by Crippen LogP contribution is 2.16. The van der Waals surface area contributed by atoms with Crippen LogP contribution in [0, 0.1) is 0 Å². The van der Waals surface area contributed by atoms with Gasteiger partial charge in [-0.2, -0.15) is 0 Å². The average Bonchev–Trinajstić information content (AvgIpc) is 2.38. The van der Waals surface area contributed by atoms with Crippen LogP contribution in [0.5, 0.6) is 0 Å². The van der Waals surface area contributed by atoms with E-state index in [1.807, 2.05) is 48.5 Å². The van der Waals surface area contributed by atoms with Crippen molar-refractivity contribution in [1.82, 2.24) is 0 Å². The fourth-order valence-electron chi connectivity index (χ4n) is 1.59. The van der Waals surface area contributed by atoms with Crippen LogP contribution in [0.4, 0.5) is 16.2 Å². The Morgan fingerprint density at radius 2 is 1.68 bits per heavy atom. The van der Waals surface area contributed by atoms with Gasteiger partial charge in [-0.15, -0.1) is 11.6 Å². The van der Waals surface area contributed by atoms with Crippen LogP contribution < -0.4 is 10.6 Å². The first-order valence-electron chi connectivity index (χ1n) is 5.66. The average molecular weight is 340 g/mol. The molecule has 0 aliphatic heterocycles. The second kappa shape index (κ2) is 6.59. The molecule has 0 radical (unpaired) electrons. The minimum absolute atomic E-state index is 0.287. The Balaban J connectivity index is 2.01. The van der Waals surface area contributed by atoms with E-state index < -0.39 is 0 Å². The third-order valence-electron chi connectivity index (χ3n) is 2.42. The molecule has 0 heterocycles. The quantitative estimate of drug-likeness (QED) is 0.772. The summed E-state index contributed by atoms with van der Waals surface area (Å²) in [4.78, 5) is 11.8. The molecule has 0 spiro atoms. The first kappa shape index (κ1) is 13.9. The second-order valence-electron chi connectivity index (χ2n) is 3.92. The number of carbonyl (C=O) groups is 1. The molecule has 5 heteroatoms. The smallest absolute Gasteiger partial charge is 0.308 e. The normalized spacial score (nSPS) is 10.0. The number of amides is 2. The number of halogens is 2. The molecule has 2 amide bonds. The highest BCUT2D eigenvalue weighted by Gasteiger charge is 2.03. The maximum Gasteiger partial charge on any atom is 0.323 e. The molecule has 2 rings (SSSR count). The molecule has 2 N–H and O–H groups in total. The maximum absolute atomic E-state index is 11.8. The fraction of sp³-hybridized carbons (Fsp3) is 0.0714. The standard InChI is InChI=1S/C14H12BrClN2O/c15-11-4-2-6-13(8-11)18-14(19)17-12-5-1-3-10(7-12)9-16/h1-8H,9H2,(H2,17,18,19). The molecule has 19 heavy (non-hydrogen) atoms. The molecule has 98 valence electrons. The number of benzene rings is 2. The number of urea groups is 1. The Kier molecular flexibility index (Phi) is 4.82. The SMILES string of the molecule is O=C(Nc1cccc(Br)c1)Nc1cccc(CCl)c1. The summed E-state index contributed by atoms with van der Waals surface area (Å²) in [5, 5.41) is 5.52. The highest BCUT2D eigenvalue weighted by molar-refractivity contribution is 9.10. The number of nitrogens with one attached hydrogen (secondary N) is 2. The number of rotatable bonds is 3. The van der Waals surface area contributed by atoms with E-state index in [0.717, 1.165) is 15.7 Å². The maximum atomic E-state index is 11.8. The molecule has 0 atom stereocenters. The summed E-state index contributed by atoms with van der Waals surface area (Å²) in [7, 11) is 0. The zero-order valence-corrected chi connectivity index (χ0v) is 12.3. The molecule has 0 saturated carbocycles. The van der Waals surface area contributed by atoms with Gasteiger partial charge in [-0.1, -0.05) is 34.1 Å². The van der Waals surface area contributed by atoms with Gasteiger partial charge in [-0.05, 0) is 35.9 Å². The van der Waals surface area contributed by atoms with Gasteiger partial charge < -0.3 is 10.6 Å². The van der Waals surface area contributed by atoms with Crippen molar-refractivity contribution in [3.63, 3.8) is 0 Å². The molecule has 0 aliphatic carbocycles. The lowest BCUT2D eigenvalue weighted by Gasteiger charge is -2.08. The number of hydrogen-bond donors (Lipinski definition) is 2. The van der Waals surface area contributed by atoms with Crippen molar-refractivity contribution in [2.24, 2.45) is 0 Å². The topological polar surface area (TPSA) is 41.1 Å². The Morgan fingerprint density at radius 3 is 2.32 bits per heavy atom. The Hall–Kier alpha value is -1.52. The largest absolute Gasteiger partial charge is 0.323 e. The summed E-state index contributed by atoms with van der Waals surface area (Å²) in [6.07, 6.45) is 0. The van der Waals surface area contributed by atoms with Crippen molar-refractivity contribution < 1.29 is 4.79 Å². The Bertz CT molecular complexity index is 589. The third kappa shape index (κ3) is 4.26. The number of alkyl halides is 1. The summed E-state index contributed by atoms with van der Waals surface area (Å²) in [5.41, 5.74) is 2.40. The van der Waals surface area contributed by atoms with Gasteiger partial charge in [0.1, 0.15) is 0 Å². The van der Waals surface area contributed by atoms with Crippen molar-refractivity contribution in [3.05, 3.63) is 58.6 Å². The van der Waals surface area contributed by atoms with Crippen molar-refractivity contribution in [1.29, 1.82) is 0 Å². The number of anilines is 2. The van der Waals surface area contributed by atoms with E-state index in [4.69, 9.17) is 11.6 Å². The van der Waals surface area contributed by atoms with Gasteiger partial charge in [0.15, 0.2) is 0 Å². The monoisotopic (exact) mass is 338 g/mol. The molecular weight excluding hydrogens is 328 g/mol. The van der Waals surface area contributed by atoms with Crippen molar-refractivity contribution in [2.75, 3.05) is 10.6 Å². The van der Waals surface area contributed by atoms with Crippen LogP contribution in [0.2, 0.25) is 0 Å². The number of carbonyl (C=O) groups excluding carboxylic acids is 1. The van der Waals surface area contributed by atoms with Crippen molar-refractivity contribution >= 4 is 44.9 Å². The molecule has 0 aromatic heterocycles. The van der Waals surface area contributed by atoms with E-state index in [-0.39, 0.29) is 6.03 Å². The molecule has 2 aromatic rings. The fourth-order valence-corrected chi connectivity index (χ4v) is 2.16. The third-order valence-corrected chi connectivity index (χ3v) is 3.22. The highest BCUT2D eigenvalue weighted by atomic mass is 79.9. The van der Waals surface area contributed by atoms with Gasteiger partial charge >= 0.3 is 6.03 Å². The summed E-state index contributed by atoms with van der Waals surface area (Å²) in [6, 6.07) is 14.5. The van der Waals surface area contributed by atoms with E-state index in [9.17, 15) is 4.79 Å². The number of hydrogen-bond acceptors (Lipinski definition) is 1. The lowest BCUT2D eigenvalue weighted by molar-refractivity contribution is 0.262. The predicted octanol–water partition coefficient (Wildman–Crippen LogP) is 4.83. The van der Waals surface area contributed by atoms with E-state index >= 15 is 0 Å². The molecule has 0 saturated heterocycles. The van der Waals surface area contributed by atoms with Gasteiger partial charge in [0, 0.05) is 21.7 Å². The van der Waals surface area contributed by atoms with E-state index in [1.54, 1.807) is 0 Å². The van der Waals surface area contributed by atoms with Gasteiger partial charge in [0.05, 0.1) is 0 Å². The van der Waals surface area contributed by atoms with Crippen molar-refractivity contribution in [2.45, 2.75) is 5.88 Å². The molecule has 0 fully saturated rings. The van der Waals surface area contributed by atoms with Crippen LogP contribution in [0.15, 0.2) is 53.0 Å². The summed E-state index contributed by atoms with van der Waals surface area (Å²) < 4.78 is 0.912. The van der Waals surface area contributed by atoms with Gasteiger partial charge in [0.25, 0.3) is 0 Å². The van der Waals surface area contributed by atoms with Crippen LogP contribution in [-0.4, -0.2) is 6.03 Å². The predicted molar refractivity (Wildman–Crippen MR) is 82.8 cm³/mol. The van der Waals surface area contributed by atoms with Crippen LogP contribution in [0.1, 0.15) is 5.56 Å². The summed E-state index contributed by atoms with van der Waals surface area (Å²) in [6.45, 7) is 0. The Morgan fingerprint density at radius 1 is 1.05 bits per heavy atom. The van der Waals surface area contributed by atoms with Gasteiger partial charge in [0.2, 0.25) is 0 Å². The first-order chi connectivity index (χ1) is 9.17. The lowest BCUT2D eigenvalue weighted by Crippen LogP contribution is -2.19. The minimum Gasteiger partial charge on any atom is -0.308 e. The second-order valence-corrected chi connectivity index (χ2v) is 5.11. The molecule has 0 aliphatic rings. The van der Waals surface area contributed by atoms with Crippen LogP contribution in [0.25, 0.3) is 0 Å². The lowest BCUT2D eigenvalue weighted by atomic mass is 10.2. The molecule has 0 unspecified atom stereocenters.